The van der Waals surface area contributed by atoms with Crippen LogP contribution in [0.1, 0.15) is 24.6 Å². The fourth-order valence-electron chi connectivity index (χ4n) is 2.64. The van der Waals surface area contributed by atoms with E-state index in [0.717, 1.165) is 17.7 Å². The number of amides is 1. The van der Waals surface area contributed by atoms with Crippen LogP contribution < -0.4 is 10.5 Å². The van der Waals surface area contributed by atoms with Crippen LogP contribution in [0.3, 0.4) is 0 Å². The summed E-state index contributed by atoms with van der Waals surface area (Å²) in [7, 11) is 0. The molecule has 6 heteroatoms. The van der Waals surface area contributed by atoms with Crippen molar-refractivity contribution < 1.29 is 14.6 Å². The number of nitrogens with two attached hydrogens (primary N) is 1. The second-order valence-corrected chi connectivity index (χ2v) is 5.87. The third-order valence-electron chi connectivity index (χ3n) is 3.95. The Hall–Kier alpha value is -2.44. The molecule has 0 saturated carbocycles. The SMILES string of the molecule is CCC(CO)N(Cc1cccc(OCC(N)=O)c1)Cc1ccccn1. The molecule has 1 aromatic heterocycles. The van der Waals surface area contributed by atoms with Gasteiger partial charge in [0.1, 0.15) is 5.75 Å². The van der Waals surface area contributed by atoms with Crippen molar-refractivity contribution in [3.05, 3.63) is 59.9 Å². The molecular formula is C19H25N3O3. The van der Waals surface area contributed by atoms with Crippen LogP contribution in [0.2, 0.25) is 0 Å². The van der Waals surface area contributed by atoms with Crippen molar-refractivity contribution in [3.8, 4) is 5.75 Å². The Labute approximate surface area is 148 Å². The summed E-state index contributed by atoms with van der Waals surface area (Å²) < 4.78 is 5.37. The van der Waals surface area contributed by atoms with Gasteiger partial charge in [0, 0.05) is 25.3 Å². The predicted molar refractivity (Wildman–Crippen MR) is 95.8 cm³/mol. The highest BCUT2D eigenvalue weighted by Gasteiger charge is 2.17. The average Bonchev–Trinajstić information content (AvgIpc) is 2.62. The Balaban J connectivity index is 2.12. The van der Waals surface area contributed by atoms with E-state index in [2.05, 4.69) is 16.8 Å². The number of benzene rings is 1. The molecule has 0 aliphatic carbocycles. The number of pyridine rings is 1. The summed E-state index contributed by atoms with van der Waals surface area (Å²) in [6.07, 6.45) is 2.60. The smallest absolute Gasteiger partial charge is 0.255 e. The van der Waals surface area contributed by atoms with Crippen molar-refractivity contribution in [1.29, 1.82) is 0 Å². The molecule has 0 aliphatic heterocycles. The number of ether oxygens (including phenoxy) is 1. The van der Waals surface area contributed by atoms with Gasteiger partial charge >= 0.3 is 0 Å². The molecule has 1 amide bonds. The molecule has 25 heavy (non-hydrogen) atoms. The summed E-state index contributed by atoms with van der Waals surface area (Å²) in [4.78, 5) is 17.4. The monoisotopic (exact) mass is 343 g/mol. The molecular weight excluding hydrogens is 318 g/mol. The van der Waals surface area contributed by atoms with Crippen molar-refractivity contribution in [2.45, 2.75) is 32.5 Å². The van der Waals surface area contributed by atoms with Crippen molar-refractivity contribution in [2.75, 3.05) is 13.2 Å². The summed E-state index contributed by atoms with van der Waals surface area (Å²) in [5.74, 6) is 0.0969. The minimum atomic E-state index is -0.506. The molecule has 0 spiro atoms. The van der Waals surface area contributed by atoms with Crippen molar-refractivity contribution in [1.82, 2.24) is 9.88 Å². The Morgan fingerprint density at radius 2 is 2.12 bits per heavy atom. The van der Waals surface area contributed by atoms with E-state index in [9.17, 15) is 9.90 Å². The largest absolute Gasteiger partial charge is 0.484 e. The van der Waals surface area contributed by atoms with Crippen molar-refractivity contribution in [3.63, 3.8) is 0 Å². The quantitative estimate of drug-likeness (QED) is 0.686. The molecule has 1 heterocycles. The lowest BCUT2D eigenvalue weighted by Gasteiger charge is -2.29. The van der Waals surface area contributed by atoms with Crippen LogP contribution in [-0.2, 0) is 17.9 Å². The minimum absolute atomic E-state index is 0.0391. The van der Waals surface area contributed by atoms with E-state index in [4.69, 9.17) is 10.5 Å². The number of carbonyl (C=O) groups excluding carboxylic acids is 1. The summed E-state index contributed by atoms with van der Waals surface area (Å²) in [6.45, 7) is 3.28. The van der Waals surface area contributed by atoms with Gasteiger partial charge in [-0.05, 0) is 36.2 Å². The van der Waals surface area contributed by atoms with Crippen molar-refractivity contribution in [2.24, 2.45) is 5.73 Å². The van der Waals surface area contributed by atoms with E-state index < -0.39 is 5.91 Å². The second-order valence-electron chi connectivity index (χ2n) is 5.87. The summed E-state index contributed by atoms with van der Waals surface area (Å²) in [5, 5.41) is 9.71. The van der Waals surface area contributed by atoms with E-state index in [-0.39, 0.29) is 19.3 Å². The zero-order valence-electron chi connectivity index (χ0n) is 14.5. The normalized spacial score (nSPS) is 12.1. The van der Waals surface area contributed by atoms with Gasteiger partial charge in [-0.1, -0.05) is 25.1 Å². The highest BCUT2D eigenvalue weighted by molar-refractivity contribution is 5.75. The number of aliphatic hydroxyl groups is 1. The topological polar surface area (TPSA) is 88.7 Å². The van der Waals surface area contributed by atoms with Gasteiger partial charge in [0.25, 0.3) is 5.91 Å². The molecule has 0 bridgehead atoms. The maximum absolute atomic E-state index is 10.9. The fourth-order valence-corrected chi connectivity index (χ4v) is 2.64. The van der Waals surface area contributed by atoms with Crippen LogP contribution in [0.4, 0.5) is 0 Å². The van der Waals surface area contributed by atoms with Crippen LogP contribution in [0.5, 0.6) is 5.75 Å². The fraction of sp³-hybridized carbons (Fsp3) is 0.368. The summed E-state index contributed by atoms with van der Waals surface area (Å²) >= 11 is 0. The second kappa shape index (κ2) is 9.76. The maximum atomic E-state index is 10.9. The summed E-state index contributed by atoms with van der Waals surface area (Å²) in [6, 6.07) is 13.4. The lowest BCUT2D eigenvalue weighted by molar-refractivity contribution is -0.119. The Morgan fingerprint density at radius 3 is 2.76 bits per heavy atom. The Bertz CT molecular complexity index is 660. The molecule has 1 aromatic carbocycles. The van der Waals surface area contributed by atoms with E-state index in [1.54, 1.807) is 12.3 Å². The zero-order valence-corrected chi connectivity index (χ0v) is 14.5. The number of rotatable bonds is 10. The van der Waals surface area contributed by atoms with Gasteiger partial charge < -0.3 is 15.6 Å². The first-order chi connectivity index (χ1) is 12.1. The third-order valence-corrected chi connectivity index (χ3v) is 3.95. The highest BCUT2D eigenvalue weighted by Crippen LogP contribution is 2.18. The lowest BCUT2D eigenvalue weighted by atomic mass is 10.1. The van der Waals surface area contributed by atoms with Gasteiger partial charge in [-0.25, -0.2) is 0 Å². The van der Waals surface area contributed by atoms with Crippen molar-refractivity contribution >= 4 is 5.91 Å². The number of aliphatic hydroxyl groups excluding tert-OH is 1. The Morgan fingerprint density at radius 1 is 1.28 bits per heavy atom. The maximum Gasteiger partial charge on any atom is 0.255 e. The first-order valence-electron chi connectivity index (χ1n) is 8.37. The van der Waals surface area contributed by atoms with Gasteiger partial charge in [0.2, 0.25) is 0 Å². The Kier molecular flexibility index (Phi) is 7.37. The van der Waals surface area contributed by atoms with Gasteiger partial charge in [0.15, 0.2) is 6.61 Å². The number of carbonyl (C=O) groups is 1. The number of hydrogen-bond donors (Lipinski definition) is 2. The molecule has 3 N–H and O–H groups in total. The van der Waals surface area contributed by atoms with Crippen LogP contribution >= 0.6 is 0 Å². The summed E-state index contributed by atoms with van der Waals surface area (Å²) in [5.41, 5.74) is 7.10. The van der Waals surface area contributed by atoms with Crippen LogP contribution in [0.15, 0.2) is 48.7 Å². The molecule has 0 saturated heterocycles. The van der Waals surface area contributed by atoms with E-state index in [0.29, 0.717) is 18.8 Å². The van der Waals surface area contributed by atoms with E-state index in [1.807, 2.05) is 36.4 Å². The lowest BCUT2D eigenvalue weighted by Crippen LogP contribution is -2.36. The molecule has 1 unspecified atom stereocenters. The van der Waals surface area contributed by atoms with E-state index >= 15 is 0 Å². The van der Waals surface area contributed by atoms with Crippen LogP contribution in [0.25, 0.3) is 0 Å². The molecule has 2 aromatic rings. The standard InChI is InChI=1S/C19H25N3O3/c1-2-17(13-23)22(12-16-7-3-4-9-21-16)11-15-6-5-8-18(10-15)25-14-19(20)24/h3-10,17,23H,2,11-14H2,1H3,(H2,20,24). The number of hydrogen-bond acceptors (Lipinski definition) is 5. The molecule has 0 radical (unpaired) electrons. The first kappa shape index (κ1) is 18.9. The molecule has 2 rings (SSSR count). The molecule has 1 atom stereocenters. The van der Waals surface area contributed by atoms with E-state index in [1.165, 1.54) is 0 Å². The molecule has 6 nitrogen and oxygen atoms in total. The van der Waals surface area contributed by atoms with Gasteiger partial charge in [-0.3, -0.25) is 14.7 Å². The number of nitrogens with zero attached hydrogens (tertiary/aromatic N) is 2. The zero-order chi connectivity index (χ0) is 18.1. The molecule has 134 valence electrons. The van der Waals surface area contributed by atoms with Gasteiger partial charge in [-0.2, -0.15) is 0 Å². The molecule has 0 fully saturated rings. The average molecular weight is 343 g/mol. The van der Waals surface area contributed by atoms with Gasteiger partial charge in [-0.15, -0.1) is 0 Å². The highest BCUT2D eigenvalue weighted by atomic mass is 16.5. The minimum Gasteiger partial charge on any atom is -0.484 e. The number of aromatic nitrogens is 1. The third kappa shape index (κ3) is 6.17. The number of primary amides is 1. The van der Waals surface area contributed by atoms with Crippen LogP contribution in [-0.4, -0.2) is 40.2 Å². The predicted octanol–water partition coefficient (Wildman–Crippen LogP) is 1.72. The molecule has 0 aliphatic rings. The van der Waals surface area contributed by atoms with Gasteiger partial charge in [0.05, 0.1) is 12.3 Å². The van der Waals surface area contributed by atoms with Crippen LogP contribution in [0, 0.1) is 0 Å². The first-order valence-corrected chi connectivity index (χ1v) is 8.37.